The van der Waals surface area contributed by atoms with E-state index in [9.17, 15) is 10.1 Å². The van der Waals surface area contributed by atoms with Crippen LogP contribution in [0.4, 0.5) is 0 Å². The van der Waals surface area contributed by atoms with E-state index in [1.807, 2.05) is 24.3 Å². The first kappa shape index (κ1) is 16.5. The van der Waals surface area contributed by atoms with E-state index in [0.717, 1.165) is 11.0 Å². The quantitative estimate of drug-likeness (QED) is 0.699. The van der Waals surface area contributed by atoms with Crippen LogP contribution in [0.3, 0.4) is 0 Å². The number of Topliss-reactive ketones (excluding diaryl/α,β-unsaturated/α-hetero) is 1. The van der Waals surface area contributed by atoms with Crippen molar-refractivity contribution in [2.75, 3.05) is 0 Å². The number of nitriles is 1. The van der Waals surface area contributed by atoms with Crippen molar-refractivity contribution < 1.29 is 4.79 Å². The minimum atomic E-state index is -0.950. The van der Waals surface area contributed by atoms with Crippen LogP contribution < -0.4 is 0 Å². The van der Waals surface area contributed by atoms with E-state index in [2.05, 4.69) is 11.1 Å². The molecule has 0 aliphatic carbocycles. The predicted octanol–water partition coefficient (Wildman–Crippen LogP) is 4.30. The molecule has 0 aliphatic rings. The number of hydrogen-bond acceptors (Lipinski definition) is 3. The van der Waals surface area contributed by atoms with E-state index in [1.165, 1.54) is 0 Å². The van der Waals surface area contributed by atoms with Crippen molar-refractivity contribution in [3.8, 4) is 6.07 Å². The number of aromatic nitrogens is 2. The number of carbonyl (C=O) groups excluding carboxylic acids is 1. The lowest BCUT2D eigenvalue weighted by Crippen LogP contribution is -2.17. The SMILES string of the molecule is Cn1c(C(C#N)C(=O)Cc2ccc(Cl)cc2Cl)nc2ccccc21. The van der Waals surface area contributed by atoms with Gasteiger partial charge in [-0.05, 0) is 29.8 Å². The van der Waals surface area contributed by atoms with Gasteiger partial charge in [-0.15, -0.1) is 0 Å². The average Bonchev–Trinajstić information content (AvgIpc) is 2.88. The molecule has 24 heavy (non-hydrogen) atoms. The molecule has 0 amide bonds. The predicted molar refractivity (Wildman–Crippen MR) is 94.2 cm³/mol. The molecule has 1 unspecified atom stereocenters. The van der Waals surface area contributed by atoms with Crippen LogP contribution in [0.1, 0.15) is 17.3 Å². The van der Waals surface area contributed by atoms with Gasteiger partial charge in [0.05, 0.1) is 17.1 Å². The monoisotopic (exact) mass is 357 g/mol. The van der Waals surface area contributed by atoms with Gasteiger partial charge < -0.3 is 4.57 Å². The molecule has 3 aromatic rings. The third-order valence-corrected chi connectivity index (χ3v) is 4.50. The molecule has 1 atom stereocenters. The summed E-state index contributed by atoms with van der Waals surface area (Å²) < 4.78 is 1.78. The molecule has 120 valence electrons. The van der Waals surface area contributed by atoms with E-state index < -0.39 is 5.92 Å². The summed E-state index contributed by atoms with van der Waals surface area (Å²) in [4.78, 5) is 17.1. The number of nitrogens with zero attached hydrogens (tertiary/aromatic N) is 3. The summed E-state index contributed by atoms with van der Waals surface area (Å²) in [6, 6.07) is 14.6. The normalized spacial score (nSPS) is 12.1. The average molecular weight is 358 g/mol. The maximum atomic E-state index is 12.6. The third-order valence-electron chi connectivity index (χ3n) is 3.91. The largest absolute Gasteiger partial charge is 0.330 e. The third kappa shape index (κ3) is 3.01. The molecule has 1 heterocycles. The molecule has 2 aromatic carbocycles. The van der Waals surface area contributed by atoms with Gasteiger partial charge in [0.1, 0.15) is 5.82 Å². The molecule has 3 rings (SSSR count). The molecule has 0 saturated carbocycles. The van der Waals surface area contributed by atoms with Crippen LogP contribution in [-0.4, -0.2) is 15.3 Å². The molecule has 4 nitrogen and oxygen atoms in total. The van der Waals surface area contributed by atoms with Gasteiger partial charge in [0, 0.05) is 23.5 Å². The number of halogens is 2. The van der Waals surface area contributed by atoms with Crippen molar-refractivity contribution in [2.45, 2.75) is 12.3 Å². The number of ketones is 1. The molecule has 0 saturated heterocycles. The zero-order chi connectivity index (χ0) is 17.3. The highest BCUT2D eigenvalue weighted by molar-refractivity contribution is 6.35. The second-order valence-electron chi connectivity index (χ2n) is 5.46. The van der Waals surface area contributed by atoms with Gasteiger partial charge >= 0.3 is 0 Å². The van der Waals surface area contributed by atoms with Gasteiger partial charge in [-0.1, -0.05) is 41.4 Å². The lowest BCUT2D eigenvalue weighted by Gasteiger charge is -2.10. The fourth-order valence-electron chi connectivity index (χ4n) is 2.65. The Hall–Kier alpha value is -2.35. The highest BCUT2D eigenvalue weighted by atomic mass is 35.5. The number of rotatable bonds is 4. The second kappa shape index (κ2) is 6.64. The highest BCUT2D eigenvalue weighted by Gasteiger charge is 2.26. The summed E-state index contributed by atoms with van der Waals surface area (Å²) >= 11 is 12.0. The molecular weight excluding hydrogens is 345 g/mol. The Morgan fingerprint density at radius 1 is 1.29 bits per heavy atom. The van der Waals surface area contributed by atoms with Gasteiger partial charge in [0.15, 0.2) is 11.7 Å². The van der Waals surface area contributed by atoms with Gasteiger partial charge in [-0.2, -0.15) is 5.26 Å². The van der Waals surface area contributed by atoms with Crippen LogP contribution >= 0.6 is 23.2 Å². The maximum Gasteiger partial charge on any atom is 0.163 e. The molecule has 0 fully saturated rings. The smallest absolute Gasteiger partial charge is 0.163 e. The number of hydrogen-bond donors (Lipinski definition) is 0. The number of fused-ring (bicyclic) bond motifs is 1. The zero-order valence-corrected chi connectivity index (χ0v) is 14.3. The van der Waals surface area contributed by atoms with E-state index in [-0.39, 0.29) is 12.2 Å². The zero-order valence-electron chi connectivity index (χ0n) is 12.8. The summed E-state index contributed by atoms with van der Waals surface area (Å²) in [5.41, 5.74) is 2.28. The Morgan fingerprint density at radius 2 is 2.04 bits per heavy atom. The van der Waals surface area contributed by atoms with Crippen molar-refractivity contribution in [3.05, 3.63) is 63.9 Å². The van der Waals surface area contributed by atoms with Crippen LogP contribution in [0, 0.1) is 11.3 Å². The van der Waals surface area contributed by atoms with E-state index in [0.29, 0.717) is 21.4 Å². The van der Waals surface area contributed by atoms with E-state index >= 15 is 0 Å². The first-order chi connectivity index (χ1) is 11.5. The summed E-state index contributed by atoms with van der Waals surface area (Å²) in [6.07, 6.45) is 0.0530. The van der Waals surface area contributed by atoms with Gasteiger partial charge in [0.2, 0.25) is 0 Å². The summed E-state index contributed by atoms with van der Waals surface area (Å²) in [7, 11) is 1.80. The summed E-state index contributed by atoms with van der Waals surface area (Å²) in [5.74, 6) is -0.761. The van der Waals surface area contributed by atoms with Gasteiger partial charge in [0.25, 0.3) is 0 Å². The van der Waals surface area contributed by atoms with Gasteiger partial charge in [-0.3, -0.25) is 4.79 Å². The number of para-hydroxylation sites is 2. The van der Waals surface area contributed by atoms with Crippen LogP contribution in [0.15, 0.2) is 42.5 Å². The van der Waals surface area contributed by atoms with Crippen LogP contribution in [-0.2, 0) is 18.3 Å². The minimum Gasteiger partial charge on any atom is -0.330 e. The Morgan fingerprint density at radius 3 is 2.71 bits per heavy atom. The molecule has 0 bridgehead atoms. The fraction of sp³-hybridized carbons (Fsp3) is 0.167. The van der Waals surface area contributed by atoms with Gasteiger partial charge in [-0.25, -0.2) is 4.98 Å². The van der Waals surface area contributed by atoms with E-state index in [1.54, 1.807) is 29.8 Å². The molecule has 0 N–H and O–H groups in total. The Labute approximate surface area is 149 Å². The molecule has 6 heteroatoms. The Bertz CT molecular complexity index is 972. The molecule has 0 radical (unpaired) electrons. The standard InChI is InChI=1S/C18H13Cl2N3O/c1-23-16-5-3-2-4-15(16)22-18(23)13(10-21)17(24)8-11-6-7-12(19)9-14(11)20/h2-7,9,13H,8H2,1H3. The lowest BCUT2D eigenvalue weighted by molar-refractivity contribution is -0.118. The van der Waals surface area contributed by atoms with Crippen LogP contribution in [0.2, 0.25) is 10.0 Å². The number of benzene rings is 2. The van der Waals surface area contributed by atoms with Crippen LogP contribution in [0.25, 0.3) is 11.0 Å². The topological polar surface area (TPSA) is 58.7 Å². The number of imidazole rings is 1. The highest BCUT2D eigenvalue weighted by Crippen LogP contribution is 2.26. The Kier molecular flexibility index (Phi) is 4.57. The lowest BCUT2D eigenvalue weighted by atomic mass is 9.98. The van der Waals surface area contributed by atoms with Crippen molar-refractivity contribution in [3.63, 3.8) is 0 Å². The first-order valence-corrected chi connectivity index (χ1v) is 8.04. The maximum absolute atomic E-state index is 12.6. The molecule has 1 aromatic heterocycles. The number of aryl methyl sites for hydroxylation is 1. The Balaban J connectivity index is 1.94. The van der Waals surface area contributed by atoms with Crippen molar-refractivity contribution in [1.82, 2.24) is 9.55 Å². The summed E-state index contributed by atoms with van der Waals surface area (Å²) in [6.45, 7) is 0. The second-order valence-corrected chi connectivity index (χ2v) is 6.30. The minimum absolute atomic E-state index is 0.0530. The molecule has 0 aliphatic heterocycles. The van der Waals surface area contributed by atoms with Crippen LogP contribution in [0.5, 0.6) is 0 Å². The van der Waals surface area contributed by atoms with E-state index in [4.69, 9.17) is 23.2 Å². The number of carbonyl (C=O) groups is 1. The van der Waals surface area contributed by atoms with Crippen molar-refractivity contribution in [1.29, 1.82) is 5.26 Å². The van der Waals surface area contributed by atoms with Crippen molar-refractivity contribution in [2.24, 2.45) is 7.05 Å². The summed E-state index contributed by atoms with van der Waals surface area (Å²) in [5, 5.41) is 10.4. The first-order valence-electron chi connectivity index (χ1n) is 7.29. The van der Waals surface area contributed by atoms with Crippen molar-refractivity contribution >= 4 is 40.0 Å². The molecule has 0 spiro atoms. The molecular formula is C18H13Cl2N3O. The fourth-order valence-corrected chi connectivity index (χ4v) is 3.13.